The zero-order chi connectivity index (χ0) is 19.5. The van der Waals surface area contributed by atoms with E-state index < -0.39 is 4.33 Å². The van der Waals surface area contributed by atoms with E-state index in [4.69, 9.17) is 23.2 Å². The molecular formula is C20H25Cl2N3O. The van der Waals surface area contributed by atoms with Crippen LogP contribution >= 0.6 is 23.2 Å². The average Bonchev–Trinajstić information content (AvgIpc) is 2.90. The molecule has 1 aromatic heterocycles. The molecule has 2 aromatic rings. The molecule has 0 fully saturated rings. The number of aromatic nitrogens is 3. The van der Waals surface area contributed by atoms with Gasteiger partial charge in [0.15, 0.2) is 4.33 Å². The van der Waals surface area contributed by atoms with Crippen LogP contribution in [0.3, 0.4) is 0 Å². The lowest BCUT2D eigenvalue weighted by Gasteiger charge is -2.27. The van der Waals surface area contributed by atoms with E-state index in [1.165, 1.54) is 4.80 Å². The molecule has 0 atom stereocenters. The second-order valence-corrected chi connectivity index (χ2v) is 10.3. The van der Waals surface area contributed by atoms with E-state index in [9.17, 15) is 5.11 Å². The molecule has 0 bridgehead atoms. The smallest absolute Gasteiger partial charge is 0.181 e. The molecule has 4 nitrogen and oxygen atoms in total. The van der Waals surface area contributed by atoms with Crippen molar-refractivity contribution in [3.63, 3.8) is 0 Å². The first kappa shape index (κ1) is 19.2. The second kappa shape index (κ2) is 6.00. The lowest BCUT2D eigenvalue weighted by Crippen LogP contribution is -2.18. The minimum atomic E-state index is -1.20. The maximum Gasteiger partial charge on any atom is 0.181 e. The van der Waals surface area contributed by atoms with E-state index in [2.05, 4.69) is 57.8 Å². The predicted octanol–water partition coefficient (Wildman–Crippen LogP) is 5.31. The van der Waals surface area contributed by atoms with Gasteiger partial charge in [-0.1, -0.05) is 76.9 Å². The van der Waals surface area contributed by atoms with E-state index in [1.807, 2.05) is 12.1 Å². The summed E-state index contributed by atoms with van der Waals surface area (Å²) < 4.78 is -1.20. The molecule has 0 amide bonds. The molecular weight excluding hydrogens is 369 g/mol. The van der Waals surface area contributed by atoms with Crippen molar-refractivity contribution in [3.8, 4) is 11.4 Å². The molecule has 1 heterocycles. The van der Waals surface area contributed by atoms with E-state index in [0.29, 0.717) is 17.8 Å². The van der Waals surface area contributed by atoms with Gasteiger partial charge in [0, 0.05) is 12.0 Å². The molecule has 1 aliphatic rings. The van der Waals surface area contributed by atoms with Crippen LogP contribution in [-0.2, 0) is 21.6 Å². The van der Waals surface area contributed by atoms with Crippen LogP contribution in [0, 0.1) is 0 Å². The van der Waals surface area contributed by atoms with Crippen LogP contribution in [0.4, 0.5) is 0 Å². The van der Waals surface area contributed by atoms with Gasteiger partial charge >= 0.3 is 0 Å². The normalized spacial score (nSPS) is 16.6. The first-order valence-corrected chi connectivity index (χ1v) is 9.47. The molecule has 26 heavy (non-hydrogen) atoms. The summed E-state index contributed by atoms with van der Waals surface area (Å²) in [7, 11) is 0. The summed E-state index contributed by atoms with van der Waals surface area (Å²) in [5.41, 5.74) is 3.43. The predicted molar refractivity (Wildman–Crippen MR) is 107 cm³/mol. The molecule has 140 valence electrons. The number of hydrogen-bond donors (Lipinski definition) is 1. The van der Waals surface area contributed by atoms with Gasteiger partial charge in [0.1, 0.15) is 17.1 Å². The zero-order valence-electron chi connectivity index (χ0n) is 16.1. The van der Waals surface area contributed by atoms with Crippen LogP contribution in [0.25, 0.3) is 5.69 Å². The van der Waals surface area contributed by atoms with Gasteiger partial charge in [-0.3, -0.25) is 0 Å². The van der Waals surface area contributed by atoms with Crippen LogP contribution in [0.1, 0.15) is 64.1 Å². The Morgan fingerprint density at radius 2 is 1.69 bits per heavy atom. The molecule has 1 aliphatic carbocycles. The number of fused-ring (bicyclic) bond motifs is 1. The van der Waals surface area contributed by atoms with Crippen molar-refractivity contribution < 1.29 is 5.11 Å². The van der Waals surface area contributed by atoms with E-state index in [1.54, 1.807) is 6.08 Å². The summed E-state index contributed by atoms with van der Waals surface area (Å²) in [5.74, 6) is 0.181. The highest BCUT2D eigenvalue weighted by Crippen LogP contribution is 2.41. The highest BCUT2D eigenvalue weighted by Gasteiger charge is 2.34. The Kier molecular flexibility index (Phi) is 4.44. The van der Waals surface area contributed by atoms with Gasteiger partial charge in [-0.25, -0.2) is 0 Å². The summed E-state index contributed by atoms with van der Waals surface area (Å²) in [4.78, 5) is 1.46. The highest BCUT2D eigenvalue weighted by atomic mass is 35.5. The van der Waals surface area contributed by atoms with E-state index in [-0.39, 0.29) is 16.6 Å². The molecule has 6 heteroatoms. The SMILES string of the molecule is CC(C)(C)c1cc(-n2nc3c(n2)C(Cl)(Cl)C=CC3)c(O)c(C(C)(C)C)c1. The van der Waals surface area contributed by atoms with Crippen molar-refractivity contribution in [2.75, 3.05) is 0 Å². The van der Waals surface area contributed by atoms with Crippen LogP contribution in [0.2, 0.25) is 0 Å². The molecule has 0 saturated heterocycles. The minimum Gasteiger partial charge on any atom is -0.505 e. The number of aromatic hydroxyl groups is 1. The molecule has 0 unspecified atom stereocenters. The fourth-order valence-electron chi connectivity index (χ4n) is 3.01. The molecule has 3 rings (SSSR count). The maximum absolute atomic E-state index is 11.0. The van der Waals surface area contributed by atoms with Gasteiger partial charge in [-0.15, -0.1) is 9.90 Å². The Morgan fingerprint density at radius 3 is 2.23 bits per heavy atom. The third-order valence-electron chi connectivity index (χ3n) is 4.62. The minimum absolute atomic E-state index is 0.0838. The third kappa shape index (κ3) is 3.37. The van der Waals surface area contributed by atoms with Crippen molar-refractivity contribution in [1.29, 1.82) is 0 Å². The zero-order valence-corrected chi connectivity index (χ0v) is 17.6. The number of halogens is 2. The Balaban J connectivity index is 2.24. The lowest BCUT2D eigenvalue weighted by atomic mass is 9.80. The van der Waals surface area contributed by atoms with Gasteiger partial charge in [0.05, 0.1) is 5.69 Å². The van der Waals surface area contributed by atoms with E-state index >= 15 is 0 Å². The molecule has 1 N–H and O–H groups in total. The molecule has 0 aliphatic heterocycles. The van der Waals surface area contributed by atoms with Crippen LogP contribution in [-0.4, -0.2) is 20.1 Å². The molecule has 0 radical (unpaired) electrons. The number of nitrogens with zero attached hydrogens (tertiary/aromatic N) is 3. The Hall–Kier alpha value is -1.52. The topological polar surface area (TPSA) is 50.9 Å². The summed E-state index contributed by atoms with van der Waals surface area (Å²) in [6.45, 7) is 12.7. The van der Waals surface area contributed by atoms with Gasteiger partial charge < -0.3 is 5.11 Å². The van der Waals surface area contributed by atoms with Gasteiger partial charge in [0.2, 0.25) is 0 Å². The van der Waals surface area contributed by atoms with Gasteiger partial charge in [-0.2, -0.15) is 5.10 Å². The maximum atomic E-state index is 11.0. The summed E-state index contributed by atoms with van der Waals surface area (Å²) >= 11 is 12.7. The van der Waals surface area contributed by atoms with Crippen molar-refractivity contribution in [3.05, 3.63) is 46.8 Å². The Labute approximate surface area is 164 Å². The third-order valence-corrected chi connectivity index (χ3v) is 5.23. The first-order chi connectivity index (χ1) is 11.8. The number of phenolic OH excluding ortho intramolecular Hbond substituents is 1. The summed E-state index contributed by atoms with van der Waals surface area (Å²) in [6, 6.07) is 4.00. The highest BCUT2D eigenvalue weighted by molar-refractivity contribution is 6.49. The number of phenols is 1. The molecule has 1 aromatic carbocycles. The largest absolute Gasteiger partial charge is 0.505 e. The van der Waals surface area contributed by atoms with Crippen molar-refractivity contribution >= 4 is 23.2 Å². The summed E-state index contributed by atoms with van der Waals surface area (Å²) in [6.07, 6.45) is 4.21. The fraction of sp³-hybridized carbons (Fsp3) is 0.500. The average molecular weight is 394 g/mol. The molecule has 0 spiro atoms. The summed E-state index contributed by atoms with van der Waals surface area (Å²) in [5, 5.41) is 20.0. The van der Waals surface area contributed by atoms with Crippen molar-refractivity contribution in [2.45, 2.75) is 63.1 Å². The lowest BCUT2D eigenvalue weighted by molar-refractivity contribution is 0.437. The van der Waals surface area contributed by atoms with Crippen molar-refractivity contribution in [2.24, 2.45) is 0 Å². The van der Waals surface area contributed by atoms with Crippen LogP contribution in [0.5, 0.6) is 5.75 Å². The number of rotatable bonds is 1. The number of alkyl halides is 2. The Bertz CT molecular complexity index is 884. The second-order valence-electron chi connectivity index (χ2n) is 8.91. The van der Waals surface area contributed by atoms with Crippen molar-refractivity contribution in [1.82, 2.24) is 15.0 Å². The first-order valence-electron chi connectivity index (χ1n) is 8.71. The number of hydrogen-bond acceptors (Lipinski definition) is 3. The van der Waals surface area contributed by atoms with Crippen LogP contribution in [0.15, 0.2) is 24.3 Å². The number of allylic oxidation sites excluding steroid dienone is 2. The number of benzene rings is 1. The quantitative estimate of drug-likeness (QED) is 0.527. The Morgan fingerprint density at radius 1 is 1.04 bits per heavy atom. The fourth-order valence-corrected chi connectivity index (χ4v) is 3.49. The van der Waals surface area contributed by atoms with Gasteiger partial charge in [0.25, 0.3) is 0 Å². The van der Waals surface area contributed by atoms with E-state index in [0.717, 1.165) is 16.8 Å². The standard InChI is InChI=1S/C20H25Cl2N3O/c1-18(2,3)12-10-13(19(4,5)6)16(26)15(11-12)25-23-14-8-7-9-20(21,22)17(14)24-25/h7,9-11,26H,8H2,1-6H3. The monoisotopic (exact) mass is 393 g/mol. The van der Waals surface area contributed by atoms with Crippen LogP contribution < -0.4 is 0 Å². The van der Waals surface area contributed by atoms with Gasteiger partial charge in [-0.05, 0) is 28.5 Å². The molecule has 0 saturated carbocycles.